The molecule has 3 nitrogen and oxygen atoms in total. The molecule has 1 aromatic rings. The van der Waals surface area contributed by atoms with Gasteiger partial charge in [0.15, 0.2) is 0 Å². The number of hydrogen-bond donors (Lipinski definition) is 1. The number of methoxy groups -OCH3 is 1. The Balaban J connectivity index is 1.82. The molecule has 116 valence electrons. The average Bonchev–Trinajstić information content (AvgIpc) is 2.53. The molecule has 0 bridgehead atoms. The van der Waals surface area contributed by atoms with E-state index in [0.29, 0.717) is 4.99 Å². The maximum Gasteiger partial charge on any atom is 0.118 e. The van der Waals surface area contributed by atoms with E-state index >= 15 is 0 Å². The lowest BCUT2D eigenvalue weighted by molar-refractivity contribution is 0.223. The minimum absolute atomic E-state index is 0.0198. The Bertz CT molecular complexity index is 468. The number of thiocarbonyl (C=S) groups is 1. The summed E-state index contributed by atoms with van der Waals surface area (Å²) < 4.78 is 5.20. The molecule has 0 aliphatic carbocycles. The molecule has 1 aliphatic heterocycles. The zero-order valence-corrected chi connectivity index (χ0v) is 14.4. The van der Waals surface area contributed by atoms with Crippen LogP contribution in [0.2, 0.25) is 0 Å². The molecule has 2 rings (SSSR count). The van der Waals surface area contributed by atoms with Crippen LogP contribution in [0.25, 0.3) is 0 Å². The first-order chi connectivity index (χ1) is 10.1. The highest BCUT2D eigenvalue weighted by Crippen LogP contribution is 2.34. The fraction of sp³-hybridized carbons (Fsp3) is 0.562. The van der Waals surface area contributed by atoms with Crippen molar-refractivity contribution in [3.05, 3.63) is 29.8 Å². The summed E-state index contributed by atoms with van der Waals surface area (Å²) in [6.07, 6.45) is 5.31. The van der Waals surface area contributed by atoms with Crippen LogP contribution in [0.3, 0.4) is 0 Å². The van der Waals surface area contributed by atoms with Gasteiger partial charge in [0.25, 0.3) is 0 Å². The quantitative estimate of drug-likeness (QED) is 0.815. The van der Waals surface area contributed by atoms with Gasteiger partial charge in [-0.2, -0.15) is 11.8 Å². The predicted octanol–water partition coefficient (Wildman–Crippen LogP) is 2.72. The van der Waals surface area contributed by atoms with Crippen molar-refractivity contribution in [2.75, 3.05) is 33.0 Å². The van der Waals surface area contributed by atoms with Crippen LogP contribution in [0, 0.1) is 0 Å². The molecule has 1 aromatic carbocycles. The maximum atomic E-state index is 5.93. The standard InChI is InChI=1S/C16H24N2OS2/c1-19-14-5-3-13(4-6-14)7-10-18-11-8-16(21-2,9-12-18)15(17)20/h3-6H,7-12H2,1-2H3,(H2,17,20). The first kappa shape index (κ1) is 16.6. The van der Waals surface area contributed by atoms with E-state index in [9.17, 15) is 0 Å². The van der Waals surface area contributed by atoms with Crippen molar-refractivity contribution < 1.29 is 4.74 Å². The molecule has 21 heavy (non-hydrogen) atoms. The van der Waals surface area contributed by atoms with E-state index in [0.717, 1.165) is 44.6 Å². The Kier molecular flexibility index (Phi) is 5.90. The molecule has 1 aliphatic rings. The van der Waals surface area contributed by atoms with Gasteiger partial charge in [0, 0.05) is 6.54 Å². The van der Waals surface area contributed by atoms with Gasteiger partial charge in [-0.1, -0.05) is 24.4 Å². The zero-order chi connectivity index (χ0) is 15.3. The third-order valence-electron chi connectivity index (χ3n) is 4.38. The normalized spacial score (nSPS) is 18.4. The van der Waals surface area contributed by atoms with Crippen LogP contribution in [-0.4, -0.2) is 47.6 Å². The average molecular weight is 325 g/mol. The van der Waals surface area contributed by atoms with Crippen molar-refractivity contribution in [1.82, 2.24) is 4.90 Å². The summed E-state index contributed by atoms with van der Waals surface area (Å²) in [5, 5.41) is 0. The second-order valence-electron chi connectivity index (χ2n) is 5.50. The second-order valence-corrected chi connectivity index (χ2v) is 7.13. The van der Waals surface area contributed by atoms with Crippen molar-refractivity contribution in [3.63, 3.8) is 0 Å². The number of benzene rings is 1. The number of thioether (sulfide) groups is 1. The summed E-state index contributed by atoms with van der Waals surface area (Å²) in [7, 11) is 1.70. The highest BCUT2D eigenvalue weighted by Gasteiger charge is 2.36. The molecule has 5 heteroatoms. The van der Waals surface area contributed by atoms with Gasteiger partial charge >= 0.3 is 0 Å². The third-order valence-corrected chi connectivity index (χ3v) is 6.31. The number of ether oxygens (including phenoxy) is 1. The van der Waals surface area contributed by atoms with Gasteiger partial charge < -0.3 is 15.4 Å². The van der Waals surface area contributed by atoms with Gasteiger partial charge in [0.05, 0.1) is 16.8 Å². The topological polar surface area (TPSA) is 38.5 Å². The smallest absolute Gasteiger partial charge is 0.118 e. The van der Waals surface area contributed by atoms with Crippen LogP contribution in [0.5, 0.6) is 5.75 Å². The minimum Gasteiger partial charge on any atom is -0.497 e. The van der Waals surface area contributed by atoms with E-state index in [-0.39, 0.29) is 4.75 Å². The van der Waals surface area contributed by atoms with Crippen LogP contribution >= 0.6 is 24.0 Å². The van der Waals surface area contributed by atoms with Crippen LogP contribution < -0.4 is 10.5 Å². The number of nitrogens with zero attached hydrogens (tertiary/aromatic N) is 1. The minimum atomic E-state index is 0.0198. The van der Waals surface area contributed by atoms with E-state index in [1.807, 2.05) is 23.9 Å². The van der Waals surface area contributed by atoms with Crippen molar-refractivity contribution in [3.8, 4) is 5.75 Å². The molecule has 0 amide bonds. The molecule has 0 atom stereocenters. The highest BCUT2D eigenvalue weighted by molar-refractivity contribution is 8.02. The van der Waals surface area contributed by atoms with E-state index in [2.05, 4.69) is 23.3 Å². The van der Waals surface area contributed by atoms with Gasteiger partial charge in [-0.05, 0) is 56.3 Å². The molecule has 1 heterocycles. The van der Waals surface area contributed by atoms with E-state index in [4.69, 9.17) is 22.7 Å². The number of rotatable bonds is 6. The Morgan fingerprint density at radius 1 is 1.33 bits per heavy atom. The van der Waals surface area contributed by atoms with Gasteiger partial charge in [0.2, 0.25) is 0 Å². The molecule has 1 fully saturated rings. The fourth-order valence-electron chi connectivity index (χ4n) is 2.77. The first-order valence-corrected chi connectivity index (χ1v) is 8.93. The fourth-order valence-corrected chi connectivity index (χ4v) is 4.01. The predicted molar refractivity (Wildman–Crippen MR) is 95.4 cm³/mol. The summed E-state index contributed by atoms with van der Waals surface area (Å²) in [4.78, 5) is 3.18. The zero-order valence-electron chi connectivity index (χ0n) is 12.8. The van der Waals surface area contributed by atoms with Crippen LogP contribution in [0.4, 0.5) is 0 Å². The summed E-state index contributed by atoms with van der Waals surface area (Å²) in [5.41, 5.74) is 7.28. The van der Waals surface area contributed by atoms with Gasteiger partial charge in [-0.15, -0.1) is 0 Å². The van der Waals surface area contributed by atoms with Crippen LogP contribution in [0.15, 0.2) is 24.3 Å². The van der Waals surface area contributed by atoms with Crippen LogP contribution in [0.1, 0.15) is 18.4 Å². The van der Waals surface area contributed by atoms with Gasteiger partial charge in [0.1, 0.15) is 5.75 Å². The maximum absolute atomic E-state index is 5.93. The molecular weight excluding hydrogens is 300 g/mol. The molecule has 0 aromatic heterocycles. The van der Waals surface area contributed by atoms with E-state index < -0.39 is 0 Å². The lowest BCUT2D eigenvalue weighted by atomic mass is 9.95. The lowest BCUT2D eigenvalue weighted by Gasteiger charge is -2.40. The number of hydrogen-bond acceptors (Lipinski definition) is 4. The molecule has 1 saturated heterocycles. The Hall–Kier alpha value is -0.780. The Morgan fingerprint density at radius 2 is 1.95 bits per heavy atom. The third kappa shape index (κ3) is 4.11. The molecule has 0 radical (unpaired) electrons. The lowest BCUT2D eigenvalue weighted by Crippen LogP contribution is -2.49. The highest BCUT2D eigenvalue weighted by atomic mass is 32.2. The molecule has 0 spiro atoms. The van der Waals surface area contributed by atoms with Crippen molar-refractivity contribution in [2.45, 2.75) is 24.0 Å². The molecular formula is C16H24N2OS2. The summed E-state index contributed by atoms with van der Waals surface area (Å²) in [6, 6.07) is 8.34. The van der Waals surface area contributed by atoms with Crippen molar-refractivity contribution in [2.24, 2.45) is 5.73 Å². The monoisotopic (exact) mass is 324 g/mol. The van der Waals surface area contributed by atoms with Gasteiger partial charge in [-0.25, -0.2) is 0 Å². The summed E-state index contributed by atoms with van der Waals surface area (Å²) >= 11 is 7.07. The Morgan fingerprint density at radius 3 is 2.43 bits per heavy atom. The van der Waals surface area contributed by atoms with E-state index in [1.54, 1.807) is 7.11 Å². The number of likely N-dealkylation sites (tertiary alicyclic amines) is 1. The largest absolute Gasteiger partial charge is 0.497 e. The summed E-state index contributed by atoms with van der Waals surface area (Å²) in [6.45, 7) is 3.25. The molecule has 0 unspecified atom stereocenters. The van der Waals surface area contributed by atoms with Crippen molar-refractivity contribution >= 4 is 29.0 Å². The molecule has 2 N–H and O–H groups in total. The number of nitrogens with two attached hydrogens (primary N) is 1. The van der Waals surface area contributed by atoms with E-state index in [1.165, 1.54) is 5.56 Å². The first-order valence-electron chi connectivity index (χ1n) is 7.30. The number of piperidine rings is 1. The van der Waals surface area contributed by atoms with Crippen LogP contribution in [-0.2, 0) is 6.42 Å². The van der Waals surface area contributed by atoms with Crippen molar-refractivity contribution in [1.29, 1.82) is 0 Å². The van der Waals surface area contributed by atoms with Gasteiger partial charge in [-0.3, -0.25) is 0 Å². The molecule has 0 saturated carbocycles. The summed E-state index contributed by atoms with van der Waals surface area (Å²) in [5.74, 6) is 0.915. The Labute approximate surface area is 137 Å². The second kappa shape index (κ2) is 7.47. The SMILES string of the molecule is COc1ccc(CCN2CCC(SC)(C(N)=S)CC2)cc1.